The summed E-state index contributed by atoms with van der Waals surface area (Å²) in [5.41, 5.74) is 0.452. The Morgan fingerprint density at radius 2 is 1.84 bits per heavy atom. The summed E-state index contributed by atoms with van der Waals surface area (Å²) in [4.78, 5) is 12.7. The number of hydrogen-bond acceptors (Lipinski definition) is 5. The predicted molar refractivity (Wildman–Crippen MR) is 120 cm³/mol. The Labute approximate surface area is 181 Å². The topological polar surface area (TPSA) is 84.9 Å². The van der Waals surface area contributed by atoms with Gasteiger partial charge in [0.05, 0.1) is 24.5 Å². The molecule has 1 heterocycles. The number of fused-ring (bicyclic) bond motifs is 2. The van der Waals surface area contributed by atoms with Crippen LogP contribution in [0, 0.1) is 0 Å². The van der Waals surface area contributed by atoms with Gasteiger partial charge in [-0.1, -0.05) is 48.5 Å². The molecule has 1 N–H and O–H groups in total. The van der Waals surface area contributed by atoms with Crippen molar-refractivity contribution in [1.29, 1.82) is 0 Å². The van der Waals surface area contributed by atoms with Crippen LogP contribution in [-0.2, 0) is 14.8 Å². The normalized spacial score (nSPS) is 15.8. The van der Waals surface area contributed by atoms with Crippen molar-refractivity contribution >= 4 is 32.4 Å². The molecule has 0 aromatic heterocycles. The number of ether oxygens (including phenoxy) is 2. The molecule has 0 spiro atoms. The number of benzene rings is 3. The average molecular weight is 441 g/mol. The van der Waals surface area contributed by atoms with Gasteiger partial charge in [0.1, 0.15) is 18.1 Å². The van der Waals surface area contributed by atoms with Crippen LogP contribution in [0.2, 0.25) is 0 Å². The maximum Gasteiger partial charge on any atom is 0.263 e. The fourth-order valence-electron chi connectivity index (χ4n) is 3.53. The van der Waals surface area contributed by atoms with Gasteiger partial charge in [-0.3, -0.25) is 9.10 Å². The molecular weight excluding hydrogens is 416 g/mol. The molecule has 3 aromatic carbocycles. The van der Waals surface area contributed by atoms with Gasteiger partial charge in [-0.05, 0) is 30.5 Å². The SMILES string of the molecule is CCS(=O)(=O)N1CC(C(=O)NCCOc2cccc3ccccc23)Oc2ccccc21. The van der Waals surface area contributed by atoms with E-state index in [1.807, 2.05) is 42.5 Å². The van der Waals surface area contributed by atoms with E-state index in [4.69, 9.17) is 9.47 Å². The molecule has 0 aliphatic carbocycles. The lowest BCUT2D eigenvalue weighted by Crippen LogP contribution is -2.51. The van der Waals surface area contributed by atoms with Crippen LogP contribution in [0.5, 0.6) is 11.5 Å². The van der Waals surface area contributed by atoms with E-state index in [0.29, 0.717) is 11.4 Å². The third-order valence-corrected chi connectivity index (χ3v) is 6.88. The molecule has 1 amide bonds. The van der Waals surface area contributed by atoms with Gasteiger partial charge in [0.15, 0.2) is 6.10 Å². The van der Waals surface area contributed by atoms with Crippen LogP contribution in [0.4, 0.5) is 5.69 Å². The molecule has 1 unspecified atom stereocenters. The zero-order valence-corrected chi connectivity index (χ0v) is 18.0. The van der Waals surface area contributed by atoms with E-state index < -0.39 is 16.1 Å². The maximum absolute atomic E-state index is 12.7. The Bertz CT molecular complexity index is 1190. The second kappa shape index (κ2) is 8.85. The standard InChI is InChI=1S/C23H24N2O5S/c1-2-31(27,28)25-16-22(30-21-12-6-5-11-19(21)25)23(26)24-14-15-29-20-13-7-9-17-8-3-4-10-18(17)20/h3-13,22H,2,14-16H2,1H3,(H,24,26). The number of rotatable bonds is 7. The summed E-state index contributed by atoms with van der Waals surface area (Å²) in [6.45, 7) is 2.06. The minimum atomic E-state index is -3.53. The second-order valence-corrected chi connectivity index (χ2v) is 9.30. The minimum absolute atomic E-state index is 0.0610. The largest absolute Gasteiger partial charge is 0.491 e. The molecule has 31 heavy (non-hydrogen) atoms. The first-order chi connectivity index (χ1) is 15.0. The second-order valence-electron chi connectivity index (χ2n) is 7.12. The van der Waals surface area contributed by atoms with Crippen molar-refractivity contribution in [3.63, 3.8) is 0 Å². The quantitative estimate of drug-likeness (QED) is 0.571. The van der Waals surface area contributed by atoms with Gasteiger partial charge in [0.25, 0.3) is 5.91 Å². The lowest BCUT2D eigenvalue weighted by Gasteiger charge is -2.34. The van der Waals surface area contributed by atoms with Crippen molar-refractivity contribution in [3.8, 4) is 11.5 Å². The molecule has 1 aliphatic heterocycles. The number of para-hydroxylation sites is 2. The van der Waals surface area contributed by atoms with Crippen molar-refractivity contribution in [2.24, 2.45) is 0 Å². The highest BCUT2D eigenvalue weighted by atomic mass is 32.2. The first kappa shape index (κ1) is 21.0. The minimum Gasteiger partial charge on any atom is -0.491 e. The maximum atomic E-state index is 12.7. The molecule has 0 saturated carbocycles. The molecule has 1 aliphatic rings. The summed E-state index contributed by atoms with van der Waals surface area (Å²) in [6, 6.07) is 20.6. The zero-order valence-electron chi connectivity index (χ0n) is 17.2. The van der Waals surface area contributed by atoms with Gasteiger partial charge in [-0.2, -0.15) is 0 Å². The molecular formula is C23H24N2O5S. The summed E-state index contributed by atoms with van der Waals surface area (Å²) in [6.07, 6.45) is -0.936. The van der Waals surface area contributed by atoms with Crippen molar-refractivity contribution in [1.82, 2.24) is 5.32 Å². The van der Waals surface area contributed by atoms with Gasteiger partial charge in [0, 0.05) is 5.39 Å². The summed E-state index contributed by atoms with van der Waals surface area (Å²) in [5.74, 6) is 0.676. The molecule has 0 radical (unpaired) electrons. The van der Waals surface area contributed by atoms with Crippen LogP contribution in [-0.4, -0.2) is 45.9 Å². The van der Waals surface area contributed by atoms with Crippen LogP contribution >= 0.6 is 0 Å². The van der Waals surface area contributed by atoms with Crippen LogP contribution < -0.4 is 19.1 Å². The monoisotopic (exact) mass is 440 g/mol. The van der Waals surface area contributed by atoms with Gasteiger partial charge in [-0.15, -0.1) is 0 Å². The lowest BCUT2D eigenvalue weighted by atomic mass is 10.1. The molecule has 162 valence electrons. The van der Waals surface area contributed by atoms with E-state index in [9.17, 15) is 13.2 Å². The molecule has 0 bridgehead atoms. The van der Waals surface area contributed by atoms with E-state index in [2.05, 4.69) is 5.32 Å². The highest BCUT2D eigenvalue weighted by molar-refractivity contribution is 7.92. The van der Waals surface area contributed by atoms with Crippen molar-refractivity contribution in [2.75, 3.05) is 29.8 Å². The lowest BCUT2D eigenvalue weighted by molar-refractivity contribution is -0.127. The molecule has 3 aromatic rings. The summed E-state index contributed by atoms with van der Waals surface area (Å²) in [7, 11) is -3.53. The van der Waals surface area contributed by atoms with Crippen molar-refractivity contribution < 1.29 is 22.7 Å². The van der Waals surface area contributed by atoms with Crippen LogP contribution in [0.25, 0.3) is 10.8 Å². The van der Waals surface area contributed by atoms with Gasteiger partial charge in [0.2, 0.25) is 10.0 Å². The fraction of sp³-hybridized carbons (Fsp3) is 0.261. The number of anilines is 1. The number of nitrogens with zero attached hydrogens (tertiary/aromatic N) is 1. The van der Waals surface area contributed by atoms with Crippen molar-refractivity contribution in [3.05, 3.63) is 66.7 Å². The molecule has 7 nitrogen and oxygen atoms in total. The molecule has 0 saturated heterocycles. The smallest absolute Gasteiger partial charge is 0.263 e. The Balaban J connectivity index is 1.39. The highest BCUT2D eigenvalue weighted by Crippen LogP contribution is 2.35. The van der Waals surface area contributed by atoms with E-state index in [-0.39, 0.29) is 31.4 Å². The Morgan fingerprint density at radius 1 is 1.10 bits per heavy atom. The summed E-state index contributed by atoms with van der Waals surface area (Å²) >= 11 is 0. The average Bonchev–Trinajstić information content (AvgIpc) is 2.81. The number of nitrogens with one attached hydrogen (secondary N) is 1. The van der Waals surface area contributed by atoms with Crippen LogP contribution in [0.3, 0.4) is 0 Å². The molecule has 8 heteroatoms. The number of amides is 1. The predicted octanol–water partition coefficient (Wildman–Crippen LogP) is 2.95. The Morgan fingerprint density at radius 3 is 2.68 bits per heavy atom. The van der Waals surface area contributed by atoms with Crippen LogP contribution in [0.15, 0.2) is 66.7 Å². The van der Waals surface area contributed by atoms with Crippen LogP contribution in [0.1, 0.15) is 6.92 Å². The van der Waals surface area contributed by atoms with E-state index in [0.717, 1.165) is 16.5 Å². The third-order valence-electron chi connectivity index (χ3n) is 5.14. The number of carbonyl (C=O) groups excluding carboxylic acids is 1. The van der Waals surface area contributed by atoms with Gasteiger partial charge >= 0.3 is 0 Å². The van der Waals surface area contributed by atoms with E-state index >= 15 is 0 Å². The molecule has 4 rings (SSSR count). The number of sulfonamides is 1. The Kier molecular flexibility index (Phi) is 5.99. The first-order valence-corrected chi connectivity index (χ1v) is 11.7. The summed E-state index contributed by atoms with van der Waals surface area (Å²) in [5, 5.41) is 4.86. The van der Waals surface area contributed by atoms with Crippen molar-refractivity contribution in [2.45, 2.75) is 13.0 Å². The number of hydrogen-bond donors (Lipinski definition) is 1. The zero-order chi connectivity index (χ0) is 21.8. The summed E-state index contributed by atoms with van der Waals surface area (Å²) < 4.78 is 37.9. The van der Waals surface area contributed by atoms with Gasteiger partial charge in [-0.25, -0.2) is 8.42 Å². The highest BCUT2D eigenvalue weighted by Gasteiger charge is 2.35. The third kappa shape index (κ3) is 4.44. The molecule has 0 fully saturated rings. The van der Waals surface area contributed by atoms with Gasteiger partial charge < -0.3 is 14.8 Å². The first-order valence-electron chi connectivity index (χ1n) is 10.1. The molecule has 1 atom stereocenters. The fourth-order valence-corrected chi connectivity index (χ4v) is 4.65. The van der Waals surface area contributed by atoms with E-state index in [1.165, 1.54) is 4.31 Å². The number of carbonyl (C=O) groups is 1. The van der Waals surface area contributed by atoms with E-state index in [1.54, 1.807) is 31.2 Å². The Hall–Kier alpha value is -3.26.